The SMILES string of the molecule is CCCCn1cnc2c(OCCOC)nc(Nc3ccc(OCC)nc3)nc21. The number of aryl methyl sites for hydroxylation is 1. The van der Waals surface area contributed by atoms with Crippen molar-refractivity contribution in [3.8, 4) is 11.8 Å². The number of fused-ring (bicyclic) bond motifs is 1. The largest absolute Gasteiger partial charge is 0.478 e. The van der Waals surface area contributed by atoms with Crippen LogP contribution < -0.4 is 14.8 Å². The number of pyridine rings is 1. The van der Waals surface area contributed by atoms with Gasteiger partial charge in [-0.3, -0.25) is 0 Å². The van der Waals surface area contributed by atoms with Gasteiger partial charge in [-0.15, -0.1) is 0 Å². The van der Waals surface area contributed by atoms with E-state index in [4.69, 9.17) is 14.2 Å². The zero-order valence-corrected chi connectivity index (χ0v) is 16.5. The van der Waals surface area contributed by atoms with Crippen LogP contribution in [0.25, 0.3) is 11.2 Å². The van der Waals surface area contributed by atoms with E-state index in [1.807, 2.05) is 17.6 Å². The summed E-state index contributed by atoms with van der Waals surface area (Å²) in [7, 11) is 1.63. The fourth-order valence-electron chi connectivity index (χ4n) is 2.61. The second-order valence-electron chi connectivity index (χ2n) is 6.10. The van der Waals surface area contributed by atoms with Crippen LogP contribution in [0.4, 0.5) is 11.6 Å². The van der Waals surface area contributed by atoms with Gasteiger partial charge in [-0.2, -0.15) is 9.97 Å². The summed E-state index contributed by atoms with van der Waals surface area (Å²) in [6.45, 7) is 6.33. The van der Waals surface area contributed by atoms with Crippen molar-refractivity contribution >= 4 is 22.8 Å². The van der Waals surface area contributed by atoms with Crippen LogP contribution in [0.3, 0.4) is 0 Å². The molecule has 150 valence electrons. The summed E-state index contributed by atoms with van der Waals surface area (Å²) >= 11 is 0. The average molecular weight is 386 g/mol. The maximum Gasteiger partial charge on any atom is 0.247 e. The predicted molar refractivity (Wildman–Crippen MR) is 106 cm³/mol. The number of nitrogens with one attached hydrogen (secondary N) is 1. The van der Waals surface area contributed by atoms with Crippen LogP contribution in [0.5, 0.6) is 11.8 Å². The third-order valence-corrected chi connectivity index (χ3v) is 4.00. The van der Waals surface area contributed by atoms with Crippen LogP contribution in [0.2, 0.25) is 0 Å². The van der Waals surface area contributed by atoms with E-state index in [0.717, 1.165) is 30.7 Å². The Kier molecular flexibility index (Phi) is 6.96. The van der Waals surface area contributed by atoms with Crippen LogP contribution >= 0.6 is 0 Å². The number of methoxy groups -OCH3 is 1. The number of rotatable bonds is 11. The van der Waals surface area contributed by atoms with Crippen molar-refractivity contribution in [1.82, 2.24) is 24.5 Å². The van der Waals surface area contributed by atoms with Gasteiger partial charge in [0.1, 0.15) is 6.61 Å². The first kappa shape index (κ1) is 19.8. The average Bonchev–Trinajstić information content (AvgIpc) is 3.11. The molecule has 9 nitrogen and oxygen atoms in total. The fraction of sp³-hybridized carbons (Fsp3) is 0.474. The molecule has 0 saturated carbocycles. The van der Waals surface area contributed by atoms with Crippen molar-refractivity contribution in [2.75, 3.05) is 32.2 Å². The highest BCUT2D eigenvalue weighted by Gasteiger charge is 2.15. The Hall–Kier alpha value is -2.94. The number of imidazole rings is 1. The number of unbranched alkanes of at least 4 members (excludes halogenated alkanes) is 1. The highest BCUT2D eigenvalue weighted by molar-refractivity contribution is 5.78. The van der Waals surface area contributed by atoms with Crippen LogP contribution in [0, 0.1) is 0 Å². The molecule has 0 spiro atoms. The Morgan fingerprint density at radius 3 is 2.68 bits per heavy atom. The number of hydrogen-bond donors (Lipinski definition) is 1. The molecule has 0 aliphatic carbocycles. The zero-order chi connectivity index (χ0) is 19.8. The van der Waals surface area contributed by atoms with Gasteiger partial charge in [0.25, 0.3) is 0 Å². The van der Waals surface area contributed by atoms with Crippen molar-refractivity contribution < 1.29 is 14.2 Å². The van der Waals surface area contributed by atoms with E-state index in [1.165, 1.54) is 0 Å². The first-order chi connectivity index (χ1) is 13.7. The highest BCUT2D eigenvalue weighted by atomic mass is 16.5. The minimum atomic E-state index is 0.383. The van der Waals surface area contributed by atoms with Gasteiger partial charge in [-0.05, 0) is 19.4 Å². The lowest BCUT2D eigenvalue weighted by atomic mass is 10.3. The molecule has 0 unspecified atom stereocenters. The maximum absolute atomic E-state index is 5.78. The van der Waals surface area contributed by atoms with Gasteiger partial charge >= 0.3 is 0 Å². The lowest BCUT2D eigenvalue weighted by molar-refractivity contribution is 0.144. The summed E-state index contributed by atoms with van der Waals surface area (Å²) in [6.07, 6.45) is 5.59. The molecule has 0 atom stereocenters. The van der Waals surface area contributed by atoms with Crippen LogP contribution in [-0.2, 0) is 11.3 Å². The molecule has 28 heavy (non-hydrogen) atoms. The van der Waals surface area contributed by atoms with Gasteiger partial charge in [0.2, 0.25) is 17.7 Å². The summed E-state index contributed by atoms with van der Waals surface area (Å²) in [4.78, 5) is 17.8. The van der Waals surface area contributed by atoms with Crippen molar-refractivity contribution in [2.45, 2.75) is 33.2 Å². The zero-order valence-electron chi connectivity index (χ0n) is 16.5. The normalized spacial score (nSPS) is 11.0. The summed E-state index contributed by atoms with van der Waals surface area (Å²) in [5, 5.41) is 3.18. The summed E-state index contributed by atoms with van der Waals surface area (Å²) in [6, 6.07) is 3.66. The van der Waals surface area contributed by atoms with E-state index >= 15 is 0 Å². The van der Waals surface area contributed by atoms with Crippen molar-refractivity contribution in [2.24, 2.45) is 0 Å². The van der Waals surface area contributed by atoms with Crippen molar-refractivity contribution in [3.63, 3.8) is 0 Å². The number of hydrogen-bond acceptors (Lipinski definition) is 8. The topological polar surface area (TPSA) is 96.2 Å². The molecule has 0 fully saturated rings. The third kappa shape index (κ3) is 4.86. The lowest BCUT2D eigenvalue weighted by Crippen LogP contribution is -2.08. The number of aromatic nitrogens is 5. The quantitative estimate of drug-likeness (QED) is 0.502. The number of ether oxygens (including phenoxy) is 3. The molecule has 3 rings (SSSR count). The molecule has 0 amide bonds. The lowest BCUT2D eigenvalue weighted by Gasteiger charge is -2.10. The van der Waals surface area contributed by atoms with Gasteiger partial charge in [-0.1, -0.05) is 13.3 Å². The molecule has 1 N–H and O–H groups in total. The highest BCUT2D eigenvalue weighted by Crippen LogP contribution is 2.25. The van der Waals surface area contributed by atoms with E-state index in [1.54, 1.807) is 25.7 Å². The molecular weight excluding hydrogens is 360 g/mol. The Labute approximate surface area is 164 Å². The molecule has 3 aromatic rings. The monoisotopic (exact) mass is 386 g/mol. The van der Waals surface area contributed by atoms with Crippen LogP contribution in [-0.4, -0.2) is 51.4 Å². The number of anilines is 2. The Balaban J connectivity index is 1.88. The van der Waals surface area contributed by atoms with E-state index in [-0.39, 0.29) is 0 Å². The van der Waals surface area contributed by atoms with E-state index in [0.29, 0.717) is 43.0 Å². The molecule has 0 aliphatic heterocycles. The smallest absolute Gasteiger partial charge is 0.247 e. The second-order valence-corrected chi connectivity index (χ2v) is 6.10. The Morgan fingerprint density at radius 2 is 1.96 bits per heavy atom. The molecule has 0 radical (unpaired) electrons. The van der Waals surface area contributed by atoms with E-state index in [9.17, 15) is 0 Å². The molecule has 0 aromatic carbocycles. The standard InChI is InChI=1S/C19H26N6O3/c1-4-6-9-25-13-21-16-17(25)23-19(24-18(16)28-11-10-26-3)22-14-7-8-15(20-12-14)27-5-2/h7-8,12-13H,4-6,9-11H2,1-3H3,(H,22,23,24). The molecule has 0 saturated heterocycles. The van der Waals surface area contributed by atoms with Gasteiger partial charge in [-0.25, -0.2) is 9.97 Å². The van der Waals surface area contributed by atoms with Crippen LogP contribution in [0.1, 0.15) is 26.7 Å². The van der Waals surface area contributed by atoms with Gasteiger partial charge in [0.15, 0.2) is 11.2 Å². The predicted octanol–water partition coefficient (Wildman–Crippen LogP) is 3.19. The minimum absolute atomic E-state index is 0.383. The summed E-state index contributed by atoms with van der Waals surface area (Å²) < 4.78 is 18.2. The van der Waals surface area contributed by atoms with E-state index < -0.39 is 0 Å². The van der Waals surface area contributed by atoms with Crippen LogP contribution in [0.15, 0.2) is 24.7 Å². The first-order valence-electron chi connectivity index (χ1n) is 9.45. The Bertz CT molecular complexity index is 881. The second kappa shape index (κ2) is 9.84. The summed E-state index contributed by atoms with van der Waals surface area (Å²) in [5.41, 5.74) is 2.13. The molecule has 9 heteroatoms. The molecule has 3 heterocycles. The molecule has 0 bridgehead atoms. The van der Waals surface area contributed by atoms with Gasteiger partial charge < -0.3 is 24.1 Å². The maximum atomic E-state index is 5.78. The van der Waals surface area contributed by atoms with Gasteiger partial charge in [0, 0.05) is 19.7 Å². The molecular formula is C19H26N6O3. The Morgan fingerprint density at radius 1 is 1.07 bits per heavy atom. The molecule has 3 aromatic heterocycles. The molecule has 0 aliphatic rings. The minimum Gasteiger partial charge on any atom is -0.478 e. The third-order valence-electron chi connectivity index (χ3n) is 4.00. The number of nitrogens with zero attached hydrogens (tertiary/aromatic N) is 5. The van der Waals surface area contributed by atoms with E-state index in [2.05, 4.69) is 32.2 Å². The van der Waals surface area contributed by atoms with Crippen molar-refractivity contribution in [3.05, 3.63) is 24.7 Å². The fourth-order valence-corrected chi connectivity index (χ4v) is 2.61. The van der Waals surface area contributed by atoms with Crippen molar-refractivity contribution in [1.29, 1.82) is 0 Å². The van der Waals surface area contributed by atoms with Gasteiger partial charge in [0.05, 0.1) is 31.4 Å². The first-order valence-corrected chi connectivity index (χ1v) is 9.45. The summed E-state index contributed by atoms with van der Waals surface area (Å²) in [5.74, 6) is 1.42.